The average molecular weight is 1080 g/mol. The van der Waals surface area contributed by atoms with E-state index in [1.54, 1.807) is 34.1 Å². The normalized spacial score (nSPS) is 15.6. The summed E-state index contributed by atoms with van der Waals surface area (Å²) in [6, 6.07) is 26.9. The van der Waals surface area contributed by atoms with Gasteiger partial charge in [-0.05, 0) is 62.7 Å². The zero-order valence-corrected chi connectivity index (χ0v) is 42.7. The van der Waals surface area contributed by atoms with Crippen LogP contribution in [0.4, 0.5) is 50.3 Å². The van der Waals surface area contributed by atoms with Crippen molar-refractivity contribution in [1.29, 1.82) is 0 Å². The molecule has 0 radical (unpaired) electrons. The highest BCUT2D eigenvalue weighted by atomic mass is 16.6. The van der Waals surface area contributed by atoms with Gasteiger partial charge in [0.1, 0.15) is 50.1 Å². The van der Waals surface area contributed by atoms with Gasteiger partial charge in [-0.25, -0.2) is 4.79 Å². The maximum Gasteiger partial charge on any atom is 0.412 e. The van der Waals surface area contributed by atoms with E-state index in [1.165, 1.54) is 58.3 Å². The van der Waals surface area contributed by atoms with Crippen LogP contribution in [0, 0.1) is 20.2 Å². The molecule has 0 aromatic heterocycles. The van der Waals surface area contributed by atoms with Gasteiger partial charge in [0.15, 0.2) is 11.5 Å². The number of nitrogen functional groups attached to an aromatic ring is 1. The molecule has 0 aliphatic carbocycles. The number of carbonyl (C=O) groups is 5. The molecular weight excluding hydrogens is 1020 g/mol. The first kappa shape index (κ1) is 58.2. The number of morpholine rings is 4. The van der Waals surface area contributed by atoms with E-state index in [4.69, 9.17) is 34.2 Å². The lowest BCUT2D eigenvalue weighted by Gasteiger charge is -2.28. The number of carbonyl (C=O) groups excluding carboxylic acids is 5. The number of nitro benzene ring substituents is 2. The Labute approximate surface area is 446 Å². The van der Waals surface area contributed by atoms with Crippen molar-refractivity contribution < 1.29 is 77.6 Å². The summed E-state index contributed by atoms with van der Waals surface area (Å²) in [6.45, 7) is 9.19. The Hall–Kier alpha value is -9.11. The van der Waals surface area contributed by atoms with Crippen LogP contribution in [0.5, 0.6) is 23.0 Å². The Morgan fingerprint density at radius 3 is 1.41 bits per heavy atom. The monoisotopic (exact) mass is 1080 g/mol. The average Bonchev–Trinajstić information content (AvgIpc) is 3.43. The van der Waals surface area contributed by atoms with Gasteiger partial charge < -0.3 is 69.1 Å². The van der Waals surface area contributed by atoms with Crippen LogP contribution in [0.3, 0.4) is 0 Å². The summed E-state index contributed by atoms with van der Waals surface area (Å²) in [6.07, 6.45) is -0.672. The Bertz CT molecular complexity index is 2970. The molecule has 5 aromatic carbocycles. The molecule has 4 heterocycles. The second-order valence-electron chi connectivity index (χ2n) is 18.1. The summed E-state index contributed by atoms with van der Waals surface area (Å²) in [5.41, 5.74) is 7.99. The number of hydrogen-bond acceptors (Lipinski definition) is 19. The van der Waals surface area contributed by atoms with Gasteiger partial charge in [-0.1, -0.05) is 30.3 Å². The molecule has 26 heteroatoms. The zero-order valence-electron chi connectivity index (χ0n) is 42.7. The fourth-order valence-corrected chi connectivity index (χ4v) is 7.59. The Morgan fingerprint density at radius 1 is 0.590 bits per heavy atom. The molecule has 0 spiro atoms. The third-order valence-corrected chi connectivity index (χ3v) is 11.3. The fraction of sp³-hybridized carbons (Fsp3) is 0.327. The molecule has 414 valence electrons. The van der Waals surface area contributed by atoms with Gasteiger partial charge >= 0.3 is 17.5 Å². The number of phenols is 3. The van der Waals surface area contributed by atoms with Crippen LogP contribution in [0.15, 0.2) is 103 Å². The highest BCUT2D eigenvalue weighted by Gasteiger charge is 2.28. The fourth-order valence-electron chi connectivity index (χ4n) is 7.59. The number of aromatic hydroxyl groups is 3. The molecule has 4 saturated heterocycles. The lowest BCUT2D eigenvalue weighted by molar-refractivity contribution is -0.386. The molecule has 78 heavy (non-hydrogen) atoms. The van der Waals surface area contributed by atoms with Crippen LogP contribution in [0.1, 0.15) is 26.3 Å². The SMILES string of the molecule is CC(C)(C)Oc1cc(N2CCOCC2=O)ccc1[N+](=O)[O-].Nc1ccc(N2CCOCC2=O)cc1O.O=C(Nc1ccc(N2CCOCC2=O)cc1O)OCc1ccccc1.O=C1COCCN1c1ccc([N+](=O)[O-])c(O)c1. The van der Waals surface area contributed by atoms with E-state index < -0.39 is 27.3 Å². The molecule has 4 aliphatic rings. The van der Waals surface area contributed by atoms with Crippen molar-refractivity contribution in [2.45, 2.75) is 33.0 Å². The lowest BCUT2D eigenvalue weighted by atomic mass is 10.1. The van der Waals surface area contributed by atoms with Gasteiger partial charge in [-0.15, -0.1) is 0 Å². The van der Waals surface area contributed by atoms with Gasteiger partial charge in [0.25, 0.3) is 23.6 Å². The highest BCUT2D eigenvalue weighted by molar-refractivity contribution is 5.97. The van der Waals surface area contributed by atoms with Crippen molar-refractivity contribution in [3.05, 3.63) is 129 Å². The summed E-state index contributed by atoms with van der Waals surface area (Å²) in [4.78, 5) is 85.0. The predicted molar refractivity (Wildman–Crippen MR) is 282 cm³/mol. The second-order valence-corrected chi connectivity index (χ2v) is 18.1. The summed E-state index contributed by atoms with van der Waals surface area (Å²) >= 11 is 0. The summed E-state index contributed by atoms with van der Waals surface area (Å²) < 4.78 is 30.9. The van der Waals surface area contributed by atoms with Gasteiger partial charge in [-0.2, -0.15) is 0 Å². The second kappa shape index (κ2) is 27.1. The van der Waals surface area contributed by atoms with Crippen molar-refractivity contribution in [1.82, 2.24) is 0 Å². The Morgan fingerprint density at radius 2 is 1.00 bits per heavy atom. The third-order valence-electron chi connectivity index (χ3n) is 11.3. The third kappa shape index (κ3) is 16.4. The van der Waals surface area contributed by atoms with E-state index in [-0.39, 0.29) is 91.0 Å². The van der Waals surface area contributed by atoms with Gasteiger partial charge in [0, 0.05) is 85.3 Å². The standard InChI is InChI=1S/C18H18N2O5.C14H18N2O5.C10H10N2O5.C10H12N2O3/c21-16-10-14(20-8-9-24-12-17(20)22)6-7-15(16)19-18(23)25-11-13-4-2-1-3-5-13;1-14(2,3)21-12-8-10(4-5-11(12)16(18)19)15-6-7-20-9-13(15)17;13-9-5-7(1-2-8(9)12(15)16)11-3-4-17-6-10(11)14;11-8-2-1-7(5-9(8)13)12-3-4-15-6-10(12)14/h1-7,10,21H,8-9,11-12H2,(H,19,23);4-5,8H,6-7,9H2,1-3H3;1-2,5,13H,3-4,6H2;1-2,5,13H,3-4,6,11H2. The molecule has 0 atom stereocenters. The summed E-state index contributed by atoms with van der Waals surface area (Å²) in [7, 11) is 0. The zero-order chi connectivity index (χ0) is 56.5. The largest absolute Gasteiger partial charge is 0.506 e. The maximum absolute atomic E-state index is 11.9. The first-order valence-corrected chi connectivity index (χ1v) is 24.1. The number of anilines is 6. The number of benzene rings is 5. The molecular formula is C52H58N8O18. The van der Waals surface area contributed by atoms with E-state index >= 15 is 0 Å². The number of phenolic OH excluding ortho intramolecular Hbond substituents is 3. The van der Waals surface area contributed by atoms with Crippen LogP contribution in [-0.4, -0.2) is 140 Å². The Balaban J connectivity index is 0.000000171. The number of hydrogen-bond donors (Lipinski definition) is 5. The molecule has 0 bridgehead atoms. The quantitative estimate of drug-likeness (QED) is 0.0489. The number of rotatable bonds is 10. The Kier molecular flexibility index (Phi) is 20.2. The number of nitrogens with zero attached hydrogens (tertiary/aromatic N) is 6. The topological polar surface area (TPSA) is 339 Å². The van der Waals surface area contributed by atoms with E-state index in [1.807, 2.05) is 51.1 Å². The first-order chi connectivity index (χ1) is 37.2. The molecule has 26 nitrogen and oxygen atoms in total. The van der Waals surface area contributed by atoms with Crippen LogP contribution >= 0.6 is 0 Å². The molecule has 5 aromatic rings. The van der Waals surface area contributed by atoms with Crippen LogP contribution in [-0.2, 0) is 49.5 Å². The van der Waals surface area contributed by atoms with Crippen molar-refractivity contribution >= 4 is 75.2 Å². The number of nitrogens with two attached hydrogens (primary N) is 1. The van der Waals surface area contributed by atoms with Crippen molar-refractivity contribution in [3.63, 3.8) is 0 Å². The van der Waals surface area contributed by atoms with E-state index in [9.17, 15) is 59.5 Å². The number of ether oxygens (including phenoxy) is 6. The van der Waals surface area contributed by atoms with Crippen LogP contribution < -0.4 is 35.4 Å². The van der Waals surface area contributed by atoms with Gasteiger partial charge in [0.2, 0.25) is 0 Å². The molecule has 0 unspecified atom stereocenters. The number of nitrogens with one attached hydrogen (secondary N) is 1. The van der Waals surface area contributed by atoms with Crippen molar-refractivity contribution in [3.8, 4) is 23.0 Å². The summed E-state index contributed by atoms with van der Waals surface area (Å²) in [5, 5.41) is 53.1. The van der Waals surface area contributed by atoms with Gasteiger partial charge in [0.05, 0.1) is 47.6 Å². The molecule has 5 amide bonds. The molecule has 9 rings (SSSR count). The molecule has 4 fully saturated rings. The number of amides is 5. The minimum Gasteiger partial charge on any atom is -0.506 e. The summed E-state index contributed by atoms with van der Waals surface area (Å²) in [5.74, 6) is -1.13. The smallest absolute Gasteiger partial charge is 0.412 e. The van der Waals surface area contributed by atoms with E-state index in [2.05, 4.69) is 5.32 Å². The predicted octanol–water partition coefficient (Wildman–Crippen LogP) is 5.64. The maximum atomic E-state index is 11.9. The first-order valence-electron chi connectivity index (χ1n) is 24.1. The van der Waals surface area contributed by atoms with E-state index in [0.29, 0.717) is 81.0 Å². The number of nitro groups is 2. The van der Waals surface area contributed by atoms with E-state index in [0.717, 1.165) is 5.56 Å². The van der Waals surface area contributed by atoms with Crippen molar-refractivity contribution in [2.75, 3.05) is 110 Å². The van der Waals surface area contributed by atoms with Crippen molar-refractivity contribution in [2.24, 2.45) is 0 Å². The minimum absolute atomic E-state index is 0.00760. The highest BCUT2D eigenvalue weighted by Crippen LogP contribution is 2.35. The lowest BCUT2D eigenvalue weighted by Crippen LogP contribution is -2.41. The van der Waals surface area contributed by atoms with Crippen LogP contribution in [0.25, 0.3) is 0 Å². The minimum atomic E-state index is -0.680. The van der Waals surface area contributed by atoms with Gasteiger partial charge in [-0.3, -0.25) is 44.7 Å². The van der Waals surface area contributed by atoms with Crippen LogP contribution in [0.2, 0.25) is 0 Å². The molecule has 6 N–H and O–H groups in total. The molecule has 4 aliphatic heterocycles. The molecule has 0 saturated carbocycles.